The Kier molecular flexibility index (Phi) is 46.4. The van der Waals surface area contributed by atoms with Crippen LogP contribution in [0.4, 0.5) is 0 Å². The van der Waals surface area contributed by atoms with Crippen LogP contribution in [0.15, 0.2) is 24.3 Å². The van der Waals surface area contributed by atoms with Gasteiger partial charge in [0.05, 0.1) is 112 Å². The van der Waals surface area contributed by atoms with Crippen molar-refractivity contribution in [3.63, 3.8) is 0 Å². The summed E-state index contributed by atoms with van der Waals surface area (Å²) in [5.41, 5.74) is 1.73. The molecule has 1 aromatic rings. The molecule has 19 heteroatoms. The summed E-state index contributed by atoms with van der Waals surface area (Å²) in [5.74, 6) is 0.858. The summed E-state index contributed by atoms with van der Waals surface area (Å²) in [7, 11) is -6.17. The minimum atomic E-state index is -2.95. The zero-order valence-electron chi connectivity index (χ0n) is 40.2. The van der Waals surface area contributed by atoms with E-state index in [-0.39, 0.29) is 77.4 Å². The molecule has 0 bridgehead atoms. The van der Waals surface area contributed by atoms with Crippen LogP contribution in [0.5, 0.6) is 5.75 Å². The van der Waals surface area contributed by atoms with Gasteiger partial charge in [0.1, 0.15) is 12.4 Å². The van der Waals surface area contributed by atoms with Crippen molar-refractivity contribution >= 4 is 33.6 Å². The van der Waals surface area contributed by atoms with Crippen molar-refractivity contribution in [2.75, 3.05) is 126 Å². The number of rotatable bonds is 34. The van der Waals surface area contributed by atoms with E-state index < -0.39 is 25.2 Å². The van der Waals surface area contributed by atoms with Crippen LogP contribution in [-0.2, 0) is 48.0 Å². The molecule has 0 saturated carbocycles. The average Bonchev–Trinajstić information content (AvgIpc) is 3.08. The van der Waals surface area contributed by atoms with Gasteiger partial charge in [0.15, 0.2) is 16.6 Å². The Balaban J connectivity index is -0.00000120. The van der Waals surface area contributed by atoms with Crippen LogP contribution < -0.4 is 62.9 Å². The fourth-order valence-corrected chi connectivity index (χ4v) is 5.83. The normalized spacial score (nSPS) is 12.1. The summed E-state index contributed by atoms with van der Waals surface area (Å²) in [6.45, 7) is 33.7. The predicted molar refractivity (Wildman–Crippen MR) is 254 cm³/mol. The molecule has 4 N–H and O–H groups in total. The summed E-state index contributed by atoms with van der Waals surface area (Å²) in [6.07, 6.45) is 1.76. The van der Waals surface area contributed by atoms with Gasteiger partial charge in [0, 0.05) is 6.61 Å². The van der Waals surface area contributed by atoms with Gasteiger partial charge in [-0.15, -0.1) is 0 Å². The second-order valence-electron chi connectivity index (χ2n) is 18.2. The fourth-order valence-electron chi connectivity index (χ4n) is 5.02. The van der Waals surface area contributed by atoms with Crippen molar-refractivity contribution in [1.29, 1.82) is 0 Å². The third kappa shape index (κ3) is 63.1. The molecule has 0 heterocycles. The maximum atomic E-state index is 9.33. The van der Waals surface area contributed by atoms with E-state index in [0.29, 0.717) is 138 Å². The summed E-state index contributed by atoms with van der Waals surface area (Å²) >= 11 is 0. The molecule has 0 fully saturated rings. The third-order valence-corrected chi connectivity index (χ3v) is 8.32. The van der Waals surface area contributed by atoms with Gasteiger partial charge in [0.25, 0.3) is 0 Å². The Bertz CT molecular complexity index is 1050. The molecule has 0 aliphatic rings. The number of hydrogen-bond acceptors (Lipinski definition) is 14. The van der Waals surface area contributed by atoms with Gasteiger partial charge >= 0.3 is 66.7 Å². The molecule has 1 aromatic carbocycles. The van der Waals surface area contributed by atoms with E-state index in [1.807, 2.05) is 51.4 Å². The zero-order chi connectivity index (χ0) is 45.1. The van der Waals surface area contributed by atoms with Crippen LogP contribution in [0.1, 0.15) is 53.0 Å². The topological polar surface area (TPSA) is 173 Å². The largest absolute Gasteiger partial charge is 1.00 e. The number of hydrogen-bond donors (Lipinski definition) is 4. The van der Waals surface area contributed by atoms with Gasteiger partial charge < -0.3 is 66.6 Å². The summed E-state index contributed by atoms with van der Waals surface area (Å²) in [6, 6.07) is 8.83. The Labute approximate surface area is 425 Å². The van der Waals surface area contributed by atoms with Gasteiger partial charge in [-0.05, 0) is 93.2 Å². The quantitative estimate of drug-likeness (QED) is 0.0579. The van der Waals surface area contributed by atoms with Gasteiger partial charge in [-0.3, -0.25) is 0 Å². The third-order valence-electron chi connectivity index (χ3n) is 7.02. The maximum absolute atomic E-state index is 9.33. The molecular formula is C42H92BO14RbSi3. The summed E-state index contributed by atoms with van der Waals surface area (Å²) in [4.78, 5) is 36.0. The molecule has 0 aromatic heterocycles. The molecule has 0 unspecified atom stereocenters. The summed E-state index contributed by atoms with van der Waals surface area (Å²) < 4.78 is 55.2. The molecule has 0 radical (unpaired) electrons. The SMILES string of the molecule is CC(C)(C)CC(C)(C)c1ccc(OCCOCCOCCOCCOCCOCCOCCOCCOCCOCCC[Si](C)(O)O)cc1.C[Si](C)(C)O.C[Si](C)(C)O.[BH4-].[Rb+]. The molecule has 1 rings (SSSR count). The molecule has 61 heavy (non-hydrogen) atoms. The van der Waals surface area contributed by atoms with Gasteiger partial charge in [-0.25, -0.2) is 0 Å². The molecule has 14 nitrogen and oxygen atoms in total. The van der Waals surface area contributed by atoms with E-state index in [1.165, 1.54) is 12.1 Å². The second kappa shape index (κ2) is 41.2. The molecule has 0 amide bonds. The van der Waals surface area contributed by atoms with E-state index in [1.54, 1.807) is 0 Å². The first-order chi connectivity index (χ1) is 27.4. The van der Waals surface area contributed by atoms with Crippen molar-refractivity contribution in [3.05, 3.63) is 29.8 Å². The first-order valence-electron chi connectivity index (χ1n) is 21.2. The average molecular weight is 1000 g/mol. The van der Waals surface area contributed by atoms with Crippen LogP contribution >= 0.6 is 0 Å². The van der Waals surface area contributed by atoms with E-state index >= 15 is 0 Å². The van der Waals surface area contributed by atoms with Gasteiger partial charge in [-0.2, -0.15) is 0 Å². The Morgan fingerprint density at radius 1 is 0.426 bits per heavy atom. The molecule has 0 aliphatic heterocycles. The van der Waals surface area contributed by atoms with Crippen molar-refractivity contribution in [1.82, 2.24) is 0 Å². The molecule has 0 saturated heterocycles. The number of benzene rings is 1. The minimum Gasteiger partial charge on any atom is -0.491 e. The molecule has 360 valence electrons. The zero-order valence-corrected chi connectivity index (χ0v) is 48.2. The maximum Gasteiger partial charge on any atom is 1.00 e. The Hall–Kier alpha value is 1.02. The first kappa shape index (κ1) is 68.6. The van der Waals surface area contributed by atoms with Crippen LogP contribution in [0.25, 0.3) is 0 Å². The van der Waals surface area contributed by atoms with E-state index in [9.17, 15) is 9.59 Å². The standard InChI is InChI=1S/C36H68O12Si.2C3H10OSi.BH4.Rb/c1-35(2,3)32-36(4,5)33-8-10-34(11-9-33)48-30-29-47-28-27-46-26-25-45-24-23-44-22-21-43-20-19-42-18-17-41-16-15-40-14-13-39-12-7-31-49(6,37)38;2*1-5(2,3)4;;/h8-11,37-38H,7,12-32H2,1-6H3;2*4H,1-3H3;1H4;/q;;;-1;+1. The van der Waals surface area contributed by atoms with Crippen LogP contribution in [0.2, 0.25) is 51.9 Å². The van der Waals surface area contributed by atoms with E-state index in [2.05, 4.69) is 46.8 Å². The molecule has 0 spiro atoms. The van der Waals surface area contributed by atoms with E-state index in [4.69, 9.17) is 57.0 Å². The molecule has 0 aliphatic carbocycles. The van der Waals surface area contributed by atoms with Crippen molar-refractivity contribution < 1.29 is 125 Å². The Morgan fingerprint density at radius 3 is 0.918 bits per heavy atom. The van der Waals surface area contributed by atoms with Gasteiger partial charge in [-0.1, -0.05) is 55.2 Å². The molecule has 0 atom stereocenters. The minimum absolute atomic E-state index is 0. The monoisotopic (exact) mass is 1000 g/mol. The van der Waals surface area contributed by atoms with Crippen LogP contribution in [-0.4, -0.2) is 178 Å². The first-order valence-corrected chi connectivity index (χ1v) is 30.7. The van der Waals surface area contributed by atoms with Gasteiger partial charge in [0.2, 0.25) is 0 Å². The smallest absolute Gasteiger partial charge is 0.491 e. The van der Waals surface area contributed by atoms with Crippen LogP contribution in [0.3, 0.4) is 0 Å². The van der Waals surface area contributed by atoms with Crippen molar-refractivity contribution in [3.8, 4) is 5.75 Å². The van der Waals surface area contributed by atoms with E-state index in [0.717, 1.165) is 12.2 Å². The van der Waals surface area contributed by atoms with Crippen molar-refractivity contribution in [2.24, 2.45) is 5.41 Å². The molecular weight excluding hydrogens is 909 g/mol. The Morgan fingerprint density at radius 2 is 0.672 bits per heavy atom. The number of ether oxygens (including phenoxy) is 10. The van der Waals surface area contributed by atoms with Crippen molar-refractivity contribution in [2.45, 2.75) is 105 Å². The predicted octanol–water partition coefficient (Wildman–Crippen LogP) is 1.55. The second-order valence-corrected chi connectivity index (χ2v) is 29.8. The summed E-state index contributed by atoms with van der Waals surface area (Å²) in [5, 5.41) is 0. The van der Waals surface area contributed by atoms with Crippen LogP contribution in [0, 0.1) is 5.41 Å². The fraction of sp³-hybridized carbons (Fsp3) is 0.857.